The first-order valence-corrected chi connectivity index (χ1v) is 7.88. The monoisotopic (exact) mass is 305 g/mol. The van der Waals surface area contributed by atoms with Crippen molar-refractivity contribution in [1.82, 2.24) is 15.0 Å². The highest BCUT2D eigenvalue weighted by molar-refractivity contribution is 7.88. The molecule has 0 unspecified atom stereocenters. The van der Waals surface area contributed by atoms with Crippen molar-refractivity contribution in [2.45, 2.75) is 18.6 Å². The smallest absolute Gasteiger partial charge is 0.215 e. The summed E-state index contributed by atoms with van der Waals surface area (Å²) in [5, 5.41) is 3.27. The standard InChI is InChI=1S/C12H19N3O2S.ClH/c16-18(17,10-12-3-7-14-8-4-12)15-9-11-1-5-13-6-2-11;/h3-4,7-8,11,13,15H,1-2,5-6,9-10H2;1H. The van der Waals surface area contributed by atoms with Crippen molar-refractivity contribution in [2.24, 2.45) is 5.92 Å². The first kappa shape index (κ1) is 16.4. The normalized spacial score (nSPS) is 16.8. The third-order valence-electron chi connectivity index (χ3n) is 3.16. The van der Waals surface area contributed by atoms with Crippen LogP contribution in [0.15, 0.2) is 24.5 Å². The number of sulfonamides is 1. The molecule has 2 heterocycles. The van der Waals surface area contributed by atoms with Crippen molar-refractivity contribution < 1.29 is 8.42 Å². The van der Waals surface area contributed by atoms with Crippen LogP contribution in [0.2, 0.25) is 0 Å². The van der Waals surface area contributed by atoms with Gasteiger partial charge in [0, 0.05) is 18.9 Å². The molecule has 5 nitrogen and oxygen atoms in total. The average Bonchev–Trinajstić information content (AvgIpc) is 2.38. The van der Waals surface area contributed by atoms with Gasteiger partial charge in [0.2, 0.25) is 10.0 Å². The zero-order valence-electron chi connectivity index (χ0n) is 10.7. The number of hydrogen-bond acceptors (Lipinski definition) is 4. The topological polar surface area (TPSA) is 71.1 Å². The van der Waals surface area contributed by atoms with Gasteiger partial charge in [-0.2, -0.15) is 0 Å². The molecule has 1 aliphatic heterocycles. The lowest BCUT2D eigenvalue weighted by Gasteiger charge is -2.22. The molecule has 0 amide bonds. The minimum Gasteiger partial charge on any atom is -0.317 e. The van der Waals surface area contributed by atoms with E-state index in [1.807, 2.05) is 0 Å². The maximum absolute atomic E-state index is 11.9. The predicted octanol–water partition coefficient (Wildman–Crippen LogP) is 0.922. The predicted molar refractivity (Wildman–Crippen MR) is 77.7 cm³/mol. The molecule has 2 N–H and O–H groups in total. The van der Waals surface area contributed by atoms with Gasteiger partial charge in [0.25, 0.3) is 0 Å². The van der Waals surface area contributed by atoms with Crippen LogP contribution in [0.5, 0.6) is 0 Å². The van der Waals surface area contributed by atoms with Crippen molar-refractivity contribution in [2.75, 3.05) is 19.6 Å². The Bertz CT molecular complexity index is 461. The van der Waals surface area contributed by atoms with E-state index >= 15 is 0 Å². The van der Waals surface area contributed by atoms with E-state index in [4.69, 9.17) is 0 Å². The second-order valence-electron chi connectivity index (χ2n) is 4.66. The average molecular weight is 306 g/mol. The third-order valence-corrected chi connectivity index (χ3v) is 4.48. The number of pyridine rings is 1. The summed E-state index contributed by atoms with van der Waals surface area (Å²) in [6.45, 7) is 2.52. The number of aromatic nitrogens is 1. The lowest BCUT2D eigenvalue weighted by Crippen LogP contribution is -2.36. The summed E-state index contributed by atoms with van der Waals surface area (Å²) in [4.78, 5) is 3.87. The first-order chi connectivity index (χ1) is 8.66. The van der Waals surface area contributed by atoms with Crippen molar-refractivity contribution in [3.8, 4) is 0 Å². The summed E-state index contributed by atoms with van der Waals surface area (Å²) >= 11 is 0. The number of nitrogens with zero attached hydrogens (tertiary/aromatic N) is 1. The van der Waals surface area contributed by atoms with Crippen molar-refractivity contribution in [3.05, 3.63) is 30.1 Å². The van der Waals surface area contributed by atoms with Gasteiger partial charge in [-0.1, -0.05) is 0 Å². The second kappa shape index (κ2) is 7.79. The molecule has 1 aromatic heterocycles. The summed E-state index contributed by atoms with van der Waals surface area (Å²) in [6.07, 6.45) is 5.30. The molecule has 0 saturated carbocycles. The van der Waals surface area contributed by atoms with Gasteiger partial charge in [0.05, 0.1) is 5.75 Å². The number of rotatable bonds is 5. The Kier molecular flexibility index (Phi) is 6.71. The van der Waals surface area contributed by atoms with E-state index in [2.05, 4.69) is 15.0 Å². The number of halogens is 1. The molecule has 0 spiro atoms. The molecule has 0 atom stereocenters. The van der Waals surface area contributed by atoms with Crippen LogP contribution >= 0.6 is 12.4 Å². The molecule has 0 aliphatic carbocycles. The molecule has 0 bridgehead atoms. The van der Waals surface area contributed by atoms with Crippen LogP contribution < -0.4 is 10.0 Å². The molecule has 1 saturated heterocycles. The highest BCUT2D eigenvalue weighted by Gasteiger charge is 2.17. The zero-order valence-corrected chi connectivity index (χ0v) is 12.3. The molecular formula is C12H20ClN3O2S. The summed E-state index contributed by atoms with van der Waals surface area (Å²) in [5.74, 6) is 0.485. The molecule has 0 aromatic carbocycles. The molecule has 2 rings (SSSR count). The Morgan fingerprint density at radius 2 is 1.89 bits per heavy atom. The van der Waals surface area contributed by atoms with E-state index in [9.17, 15) is 8.42 Å². The van der Waals surface area contributed by atoms with Crippen LogP contribution in [0.3, 0.4) is 0 Å². The van der Waals surface area contributed by atoms with Gasteiger partial charge in [-0.25, -0.2) is 13.1 Å². The minimum atomic E-state index is -3.23. The van der Waals surface area contributed by atoms with Crippen molar-refractivity contribution >= 4 is 22.4 Å². The lowest BCUT2D eigenvalue weighted by molar-refractivity contribution is 0.372. The van der Waals surface area contributed by atoms with E-state index in [0.717, 1.165) is 31.5 Å². The minimum absolute atomic E-state index is 0. The third kappa shape index (κ3) is 5.86. The van der Waals surface area contributed by atoms with Crippen LogP contribution in [0.25, 0.3) is 0 Å². The fourth-order valence-electron chi connectivity index (χ4n) is 2.08. The SMILES string of the molecule is Cl.O=S(=O)(Cc1ccncc1)NCC1CCNCC1. The molecule has 1 aromatic rings. The fourth-order valence-corrected chi connectivity index (χ4v) is 3.30. The van der Waals surface area contributed by atoms with E-state index in [0.29, 0.717) is 12.5 Å². The summed E-state index contributed by atoms with van der Waals surface area (Å²) in [6, 6.07) is 3.45. The van der Waals surface area contributed by atoms with Gasteiger partial charge in [0.15, 0.2) is 0 Å². The van der Waals surface area contributed by atoms with Gasteiger partial charge in [-0.15, -0.1) is 12.4 Å². The van der Waals surface area contributed by atoms with Crippen molar-refractivity contribution in [1.29, 1.82) is 0 Å². The Labute approximate surface area is 120 Å². The summed E-state index contributed by atoms with van der Waals surface area (Å²) in [7, 11) is -3.23. The van der Waals surface area contributed by atoms with Crippen molar-refractivity contribution in [3.63, 3.8) is 0 Å². The Morgan fingerprint density at radius 1 is 1.26 bits per heavy atom. The molecule has 7 heteroatoms. The van der Waals surface area contributed by atoms with Crippen LogP contribution in [0.1, 0.15) is 18.4 Å². The molecule has 108 valence electrons. The van der Waals surface area contributed by atoms with Gasteiger partial charge in [-0.3, -0.25) is 4.98 Å². The molecule has 19 heavy (non-hydrogen) atoms. The second-order valence-corrected chi connectivity index (χ2v) is 6.46. The van der Waals surface area contributed by atoms with E-state index < -0.39 is 10.0 Å². The lowest BCUT2D eigenvalue weighted by atomic mass is 9.99. The summed E-state index contributed by atoms with van der Waals surface area (Å²) in [5.41, 5.74) is 0.766. The van der Waals surface area contributed by atoms with Gasteiger partial charge in [0.1, 0.15) is 0 Å². The molecule has 1 fully saturated rings. The molecular weight excluding hydrogens is 286 g/mol. The molecule has 1 aliphatic rings. The Balaban J connectivity index is 0.00000180. The quantitative estimate of drug-likeness (QED) is 0.849. The van der Waals surface area contributed by atoms with Gasteiger partial charge < -0.3 is 5.32 Å². The van der Waals surface area contributed by atoms with E-state index in [1.54, 1.807) is 24.5 Å². The van der Waals surface area contributed by atoms with Crippen LogP contribution in [-0.2, 0) is 15.8 Å². The van der Waals surface area contributed by atoms with Crippen LogP contribution in [0, 0.1) is 5.92 Å². The largest absolute Gasteiger partial charge is 0.317 e. The summed E-state index contributed by atoms with van der Waals surface area (Å²) < 4.78 is 26.5. The highest BCUT2D eigenvalue weighted by Crippen LogP contribution is 2.11. The number of hydrogen-bond donors (Lipinski definition) is 2. The maximum atomic E-state index is 11.9. The van der Waals surface area contributed by atoms with E-state index in [1.165, 1.54) is 0 Å². The molecule has 0 radical (unpaired) electrons. The fraction of sp³-hybridized carbons (Fsp3) is 0.583. The number of nitrogens with one attached hydrogen (secondary N) is 2. The first-order valence-electron chi connectivity index (χ1n) is 6.23. The highest BCUT2D eigenvalue weighted by atomic mass is 35.5. The number of piperidine rings is 1. The van der Waals surface area contributed by atoms with E-state index in [-0.39, 0.29) is 18.2 Å². The zero-order chi connectivity index (χ0) is 12.8. The Hall–Kier alpha value is -0.690. The van der Waals surface area contributed by atoms with Gasteiger partial charge >= 0.3 is 0 Å². The van der Waals surface area contributed by atoms with Crippen LogP contribution in [0.4, 0.5) is 0 Å². The van der Waals surface area contributed by atoms with Crippen LogP contribution in [-0.4, -0.2) is 33.0 Å². The van der Waals surface area contributed by atoms with Gasteiger partial charge in [-0.05, 0) is 49.5 Å². The Morgan fingerprint density at radius 3 is 2.53 bits per heavy atom. The maximum Gasteiger partial charge on any atom is 0.215 e.